The summed E-state index contributed by atoms with van der Waals surface area (Å²) in [6.07, 6.45) is 2.48. The summed E-state index contributed by atoms with van der Waals surface area (Å²) < 4.78 is 0. The molecule has 0 N–H and O–H groups in total. The average molecular weight is 343 g/mol. The van der Waals surface area contributed by atoms with Crippen molar-refractivity contribution in [2.24, 2.45) is 5.41 Å². The van der Waals surface area contributed by atoms with Gasteiger partial charge >= 0.3 is 0 Å². The Balaban J connectivity index is 2.69. The van der Waals surface area contributed by atoms with Crippen molar-refractivity contribution in [1.29, 1.82) is 0 Å². The maximum atomic E-state index is 3.69. The zero-order chi connectivity index (χ0) is 14.5. The molecule has 2 heteroatoms. The SMILES string of the molecule is CCC(CC)(CBr)CSc1ccc(C(C)(C)C)cc1. The summed E-state index contributed by atoms with van der Waals surface area (Å²) in [5.41, 5.74) is 2.10. The Kier molecular flexibility index (Phi) is 6.46. The molecule has 0 aliphatic rings. The van der Waals surface area contributed by atoms with Gasteiger partial charge in [-0.15, -0.1) is 11.8 Å². The Labute approximate surface area is 131 Å². The molecule has 0 heterocycles. The molecule has 0 unspecified atom stereocenters. The van der Waals surface area contributed by atoms with Gasteiger partial charge in [0.05, 0.1) is 0 Å². The maximum absolute atomic E-state index is 3.69. The van der Waals surface area contributed by atoms with Crippen molar-refractivity contribution in [2.45, 2.75) is 57.8 Å². The van der Waals surface area contributed by atoms with Gasteiger partial charge in [-0.2, -0.15) is 0 Å². The van der Waals surface area contributed by atoms with Crippen molar-refractivity contribution in [3.05, 3.63) is 29.8 Å². The molecule has 0 fully saturated rings. The van der Waals surface area contributed by atoms with Crippen LogP contribution in [0.25, 0.3) is 0 Å². The van der Waals surface area contributed by atoms with Crippen molar-refractivity contribution >= 4 is 27.7 Å². The van der Waals surface area contributed by atoms with Gasteiger partial charge in [0.15, 0.2) is 0 Å². The molecular weight excluding hydrogens is 316 g/mol. The third-order valence-electron chi connectivity index (χ3n) is 4.05. The van der Waals surface area contributed by atoms with E-state index in [-0.39, 0.29) is 5.41 Å². The van der Waals surface area contributed by atoms with Crippen molar-refractivity contribution in [1.82, 2.24) is 0 Å². The number of thioether (sulfide) groups is 1. The smallest absolute Gasteiger partial charge is 0.00957 e. The largest absolute Gasteiger partial charge is 0.126 e. The Morgan fingerprint density at radius 3 is 1.89 bits per heavy atom. The zero-order valence-electron chi connectivity index (χ0n) is 12.9. The molecule has 0 nitrogen and oxygen atoms in total. The van der Waals surface area contributed by atoms with Crippen LogP contribution in [0.5, 0.6) is 0 Å². The van der Waals surface area contributed by atoms with Gasteiger partial charge in [-0.1, -0.05) is 62.7 Å². The molecule has 0 radical (unpaired) electrons. The Morgan fingerprint density at radius 2 is 1.53 bits per heavy atom. The fraction of sp³-hybridized carbons (Fsp3) is 0.647. The Bertz CT molecular complexity index is 363. The van der Waals surface area contributed by atoms with Crippen LogP contribution in [-0.2, 0) is 5.41 Å². The zero-order valence-corrected chi connectivity index (χ0v) is 15.3. The lowest BCUT2D eigenvalue weighted by molar-refractivity contribution is 0.359. The van der Waals surface area contributed by atoms with Gasteiger partial charge in [0, 0.05) is 16.0 Å². The van der Waals surface area contributed by atoms with Crippen LogP contribution in [0, 0.1) is 5.41 Å². The molecule has 1 aromatic carbocycles. The van der Waals surface area contributed by atoms with Gasteiger partial charge < -0.3 is 0 Å². The summed E-state index contributed by atoms with van der Waals surface area (Å²) in [5.74, 6) is 1.19. The van der Waals surface area contributed by atoms with Crippen LogP contribution < -0.4 is 0 Å². The second kappa shape index (κ2) is 7.17. The monoisotopic (exact) mass is 342 g/mol. The van der Waals surface area contributed by atoms with Crippen LogP contribution >= 0.6 is 27.7 Å². The molecule has 0 aromatic heterocycles. The van der Waals surface area contributed by atoms with E-state index in [1.165, 1.54) is 29.1 Å². The standard InChI is InChI=1S/C17H27BrS/c1-6-17(7-2,12-18)13-19-15-10-8-14(9-11-15)16(3,4)5/h8-11H,6-7,12-13H2,1-5H3. The third-order valence-corrected chi connectivity index (χ3v) is 6.60. The minimum absolute atomic E-state index is 0.246. The molecule has 0 atom stereocenters. The topological polar surface area (TPSA) is 0 Å². The molecule has 0 aliphatic heterocycles. The lowest BCUT2D eigenvalue weighted by Gasteiger charge is -2.29. The van der Waals surface area contributed by atoms with E-state index in [0.717, 1.165) is 5.33 Å². The molecule has 0 bridgehead atoms. The van der Waals surface area contributed by atoms with Gasteiger partial charge in [-0.25, -0.2) is 0 Å². The van der Waals surface area contributed by atoms with E-state index in [1.54, 1.807) is 0 Å². The highest BCUT2D eigenvalue weighted by atomic mass is 79.9. The van der Waals surface area contributed by atoms with Crippen LogP contribution in [0.2, 0.25) is 0 Å². The van der Waals surface area contributed by atoms with Crippen LogP contribution in [0.3, 0.4) is 0 Å². The van der Waals surface area contributed by atoms with E-state index in [2.05, 4.69) is 74.8 Å². The van der Waals surface area contributed by atoms with Crippen molar-refractivity contribution in [3.8, 4) is 0 Å². The molecule has 0 aliphatic carbocycles. The Hall–Kier alpha value is 0.0500. The third kappa shape index (κ3) is 4.82. The molecule has 1 aromatic rings. The Morgan fingerprint density at radius 1 is 1.00 bits per heavy atom. The summed E-state index contributed by atoms with van der Waals surface area (Å²) in [5, 5.41) is 1.10. The normalized spacial score (nSPS) is 12.7. The summed E-state index contributed by atoms with van der Waals surface area (Å²) in [6.45, 7) is 11.4. The number of rotatable bonds is 6. The van der Waals surface area contributed by atoms with Crippen LogP contribution in [0.4, 0.5) is 0 Å². The van der Waals surface area contributed by atoms with Crippen molar-refractivity contribution in [3.63, 3.8) is 0 Å². The van der Waals surface area contributed by atoms with E-state index < -0.39 is 0 Å². The summed E-state index contributed by atoms with van der Waals surface area (Å²) in [4.78, 5) is 1.39. The summed E-state index contributed by atoms with van der Waals surface area (Å²) in [7, 11) is 0. The highest BCUT2D eigenvalue weighted by Crippen LogP contribution is 2.36. The van der Waals surface area contributed by atoms with Crippen LogP contribution in [0.1, 0.15) is 53.0 Å². The second-order valence-corrected chi connectivity index (χ2v) is 8.01. The molecule has 19 heavy (non-hydrogen) atoms. The molecule has 0 spiro atoms. The molecule has 1 rings (SSSR count). The minimum atomic E-state index is 0.246. The number of hydrogen-bond donors (Lipinski definition) is 0. The first-order valence-electron chi connectivity index (χ1n) is 7.16. The van der Waals surface area contributed by atoms with E-state index in [9.17, 15) is 0 Å². The minimum Gasteiger partial charge on any atom is -0.126 e. The van der Waals surface area contributed by atoms with E-state index in [0.29, 0.717) is 5.41 Å². The molecule has 0 saturated carbocycles. The lowest BCUT2D eigenvalue weighted by Crippen LogP contribution is -2.23. The average Bonchev–Trinajstić information content (AvgIpc) is 2.40. The molecule has 0 amide bonds. The number of halogens is 1. The number of benzene rings is 1. The van der Waals surface area contributed by atoms with E-state index >= 15 is 0 Å². The quantitative estimate of drug-likeness (QED) is 0.433. The highest BCUT2D eigenvalue weighted by Gasteiger charge is 2.24. The van der Waals surface area contributed by atoms with Gasteiger partial charge in [-0.05, 0) is 41.4 Å². The first kappa shape index (κ1) is 17.1. The molecule has 0 saturated heterocycles. The lowest BCUT2D eigenvalue weighted by atomic mass is 9.87. The van der Waals surface area contributed by atoms with Gasteiger partial charge in [-0.3, -0.25) is 0 Å². The van der Waals surface area contributed by atoms with Crippen LogP contribution in [0.15, 0.2) is 29.2 Å². The first-order chi connectivity index (χ1) is 8.87. The fourth-order valence-corrected chi connectivity index (χ4v) is 4.53. The van der Waals surface area contributed by atoms with Crippen molar-refractivity contribution in [2.75, 3.05) is 11.1 Å². The van der Waals surface area contributed by atoms with Gasteiger partial charge in [0.25, 0.3) is 0 Å². The summed E-state index contributed by atoms with van der Waals surface area (Å²) in [6, 6.07) is 9.09. The predicted octanol–water partition coefficient (Wildman–Crippen LogP) is 6.28. The van der Waals surface area contributed by atoms with Gasteiger partial charge in [0.1, 0.15) is 0 Å². The molecular formula is C17H27BrS. The summed E-state index contributed by atoms with van der Waals surface area (Å²) >= 11 is 5.68. The van der Waals surface area contributed by atoms with E-state index in [1.807, 2.05) is 11.8 Å². The first-order valence-corrected chi connectivity index (χ1v) is 9.27. The van der Waals surface area contributed by atoms with Gasteiger partial charge in [0.2, 0.25) is 0 Å². The second-order valence-electron chi connectivity index (χ2n) is 6.40. The van der Waals surface area contributed by atoms with Crippen molar-refractivity contribution < 1.29 is 0 Å². The fourth-order valence-electron chi connectivity index (χ4n) is 1.97. The molecule has 108 valence electrons. The van der Waals surface area contributed by atoms with E-state index in [4.69, 9.17) is 0 Å². The predicted molar refractivity (Wildman–Crippen MR) is 92.7 cm³/mol. The maximum Gasteiger partial charge on any atom is 0.00957 e. The highest BCUT2D eigenvalue weighted by molar-refractivity contribution is 9.09. The number of hydrogen-bond acceptors (Lipinski definition) is 1. The van der Waals surface area contributed by atoms with Crippen LogP contribution in [-0.4, -0.2) is 11.1 Å². The number of alkyl halides is 1.